The summed E-state index contributed by atoms with van der Waals surface area (Å²) >= 11 is 0. The number of hydrogen-bond acceptors (Lipinski definition) is 2. The molecule has 0 spiro atoms. The number of hydrogen-bond donors (Lipinski definition) is 1. The van der Waals surface area contributed by atoms with Crippen LogP contribution < -0.4 is 5.73 Å². The molecule has 9 heavy (non-hydrogen) atoms. The third kappa shape index (κ3) is 1.16. The van der Waals surface area contributed by atoms with Crippen molar-refractivity contribution in [1.29, 1.82) is 0 Å². The molecule has 3 heteroatoms. The van der Waals surface area contributed by atoms with E-state index < -0.39 is 5.82 Å². The molecule has 0 aliphatic rings. The van der Waals surface area contributed by atoms with Gasteiger partial charge in [-0.05, 0) is 13.0 Å². The van der Waals surface area contributed by atoms with Gasteiger partial charge in [-0.15, -0.1) is 0 Å². The Morgan fingerprint density at radius 2 is 2.33 bits per heavy atom. The predicted molar refractivity (Wildman–Crippen MR) is 33.3 cm³/mol. The number of aryl methyl sites for hydroxylation is 1. The summed E-state index contributed by atoms with van der Waals surface area (Å²) < 4.78 is 12.3. The van der Waals surface area contributed by atoms with Gasteiger partial charge < -0.3 is 5.73 Å². The first kappa shape index (κ1) is 6.01. The topological polar surface area (TPSA) is 38.9 Å². The van der Waals surface area contributed by atoms with Crippen LogP contribution in [0.2, 0.25) is 0 Å². The summed E-state index contributed by atoms with van der Waals surface area (Å²) in [5, 5.41) is 0. The molecule has 1 heterocycles. The highest BCUT2D eigenvalue weighted by Gasteiger charge is 1.95. The maximum atomic E-state index is 12.3. The Morgan fingerprint density at radius 3 is 2.78 bits per heavy atom. The fourth-order valence-corrected chi connectivity index (χ4v) is 0.564. The summed E-state index contributed by atoms with van der Waals surface area (Å²) in [6, 6.07) is 1.50. The van der Waals surface area contributed by atoms with E-state index in [1.54, 1.807) is 6.92 Å². The van der Waals surface area contributed by atoms with Gasteiger partial charge in [-0.3, -0.25) is 4.98 Å². The molecule has 0 saturated heterocycles. The van der Waals surface area contributed by atoms with Crippen molar-refractivity contribution in [2.45, 2.75) is 6.92 Å². The number of pyridine rings is 1. The van der Waals surface area contributed by atoms with Gasteiger partial charge in [0, 0.05) is 5.69 Å². The number of halogens is 1. The van der Waals surface area contributed by atoms with E-state index in [2.05, 4.69) is 4.98 Å². The van der Waals surface area contributed by atoms with Crippen LogP contribution in [0.3, 0.4) is 0 Å². The van der Waals surface area contributed by atoms with E-state index in [4.69, 9.17) is 5.73 Å². The highest BCUT2D eigenvalue weighted by atomic mass is 19.1. The van der Waals surface area contributed by atoms with Crippen molar-refractivity contribution in [3.05, 3.63) is 23.8 Å². The summed E-state index contributed by atoms with van der Waals surface area (Å²) in [5.41, 5.74) is 6.09. The second kappa shape index (κ2) is 2.01. The largest absolute Gasteiger partial charge is 0.396 e. The zero-order valence-corrected chi connectivity index (χ0v) is 5.06. The van der Waals surface area contributed by atoms with Gasteiger partial charge in [0.2, 0.25) is 0 Å². The standard InChI is InChI=1S/C6H7FN2/c1-4-2-6(8)5(7)3-9-4/h2-3H,1H3,(H2,8,9). The fraction of sp³-hybridized carbons (Fsp3) is 0.167. The monoisotopic (exact) mass is 126 g/mol. The van der Waals surface area contributed by atoms with Crippen molar-refractivity contribution < 1.29 is 4.39 Å². The first-order valence-corrected chi connectivity index (χ1v) is 2.58. The zero-order chi connectivity index (χ0) is 6.85. The molecule has 2 N–H and O–H groups in total. The molecule has 0 aliphatic carbocycles. The lowest BCUT2D eigenvalue weighted by atomic mass is 10.3. The minimum absolute atomic E-state index is 0.155. The highest BCUT2D eigenvalue weighted by molar-refractivity contribution is 5.38. The molecule has 2 nitrogen and oxygen atoms in total. The smallest absolute Gasteiger partial charge is 0.164 e. The maximum absolute atomic E-state index is 12.3. The fourth-order valence-electron chi connectivity index (χ4n) is 0.564. The van der Waals surface area contributed by atoms with E-state index in [1.807, 2.05) is 0 Å². The summed E-state index contributed by atoms with van der Waals surface area (Å²) in [7, 11) is 0. The van der Waals surface area contributed by atoms with Crippen LogP contribution in [-0.2, 0) is 0 Å². The third-order valence-corrected chi connectivity index (χ3v) is 1.02. The SMILES string of the molecule is Cc1cc(N)c(F)cn1. The van der Waals surface area contributed by atoms with E-state index in [0.29, 0.717) is 0 Å². The molecule has 48 valence electrons. The lowest BCUT2D eigenvalue weighted by molar-refractivity contribution is 0.625. The summed E-state index contributed by atoms with van der Waals surface area (Å²) in [5.74, 6) is -0.458. The van der Waals surface area contributed by atoms with Crippen LogP contribution in [0.25, 0.3) is 0 Å². The van der Waals surface area contributed by atoms with Crippen molar-refractivity contribution in [1.82, 2.24) is 4.98 Å². The van der Waals surface area contributed by atoms with E-state index in [9.17, 15) is 4.39 Å². The summed E-state index contributed by atoms with van der Waals surface area (Å²) in [6.45, 7) is 1.76. The zero-order valence-electron chi connectivity index (χ0n) is 5.06. The average molecular weight is 126 g/mol. The quantitative estimate of drug-likeness (QED) is 0.565. The number of aromatic nitrogens is 1. The second-order valence-electron chi connectivity index (χ2n) is 1.85. The molecule has 0 amide bonds. The Kier molecular flexibility index (Phi) is 1.34. The second-order valence-corrected chi connectivity index (χ2v) is 1.85. The number of nitrogens with two attached hydrogens (primary N) is 1. The molecule has 1 aromatic rings. The van der Waals surface area contributed by atoms with Crippen molar-refractivity contribution in [3.63, 3.8) is 0 Å². The Hall–Kier alpha value is -1.12. The van der Waals surface area contributed by atoms with Crippen molar-refractivity contribution >= 4 is 5.69 Å². The van der Waals surface area contributed by atoms with Crippen LogP contribution in [0.15, 0.2) is 12.3 Å². The van der Waals surface area contributed by atoms with E-state index in [-0.39, 0.29) is 5.69 Å². The molecular weight excluding hydrogens is 119 g/mol. The van der Waals surface area contributed by atoms with Gasteiger partial charge in [-0.2, -0.15) is 0 Å². The summed E-state index contributed by atoms with van der Waals surface area (Å²) in [6.07, 6.45) is 1.12. The first-order chi connectivity index (χ1) is 4.20. The lowest BCUT2D eigenvalue weighted by Gasteiger charge is -1.94. The number of nitrogen functional groups attached to an aromatic ring is 1. The highest BCUT2D eigenvalue weighted by Crippen LogP contribution is 2.07. The molecule has 0 aromatic carbocycles. The first-order valence-electron chi connectivity index (χ1n) is 2.58. The van der Waals surface area contributed by atoms with Crippen LogP contribution in [-0.4, -0.2) is 4.98 Å². The van der Waals surface area contributed by atoms with Gasteiger partial charge in [-0.1, -0.05) is 0 Å². The Morgan fingerprint density at radius 1 is 1.67 bits per heavy atom. The number of rotatable bonds is 0. The van der Waals surface area contributed by atoms with Gasteiger partial charge in [0.15, 0.2) is 5.82 Å². The van der Waals surface area contributed by atoms with Gasteiger partial charge in [0.1, 0.15) is 0 Å². The molecule has 1 rings (SSSR count). The normalized spacial score (nSPS) is 9.56. The molecule has 0 fully saturated rings. The molecule has 0 bridgehead atoms. The van der Waals surface area contributed by atoms with Crippen LogP contribution in [0.1, 0.15) is 5.69 Å². The van der Waals surface area contributed by atoms with Crippen molar-refractivity contribution in [2.75, 3.05) is 5.73 Å². The Labute approximate surface area is 52.5 Å². The van der Waals surface area contributed by atoms with E-state index in [0.717, 1.165) is 11.9 Å². The van der Waals surface area contributed by atoms with Crippen LogP contribution in [0, 0.1) is 12.7 Å². The van der Waals surface area contributed by atoms with Gasteiger partial charge in [-0.25, -0.2) is 4.39 Å². The molecule has 1 aromatic heterocycles. The molecule has 0 aliphatic heterocycles. The van der Waals surface area contributed by atoms with Gasteiger partial charge in [0.25, 0.3) is 0 Å². The molecule has 0 radical (unpaired) electrons. The molecule has 0 saturated carbocycles. The van der Waals surface area contributed by atoms with E-state index >= 15 is 0 Å². The lowest BCUT2D eigenvalue weighted by Crippen LogP contribution is -1.92. The molecule has 0 atom stereocenters. The van der Waals surface area contributed by atoms with Gasteiger partial charge >= 0.3 is 0 Å². The predicted octanol–water partition coefficient (Wildman–Crippen LogP) is 1.11. The van der Waals surface area contributed by atoms with Crippen LogP contribution in [0.5, 0.6) is 0 Å². The Balaban J connectivity index is 3.17. The van der Waals surface area contributed by atoms with Gasteiger partial charge in [0.05, 0.1) is 11.9 Å². The van der Waals surface area contributed by atoms with Crippen LogP contribution in [0.4, 0.5) is 10.1 Å². The summed E-state index contributed by atoms with van der Waals surface area (Å²) in [4.78, 5) is 3.68. The van der Waals surface area contributed by atoms with E-state index in [1.165, 1.54) is 6.07 Å². The van der Waals surface area contributed by atoms with Crippen molar-refractivity contribution in [3.8, 4) is 0 Å². The minimum atomic E-state index is -0.458. The molecule has 0 unspecified atom stereocenters. The minimum Gasteiger partial charge on any atom is -0.396 e. The molecular formula is C6H7FN2. The number of anilines is 1. The van der Waals surface area contributed by atoms with Crippen molar-refractivity contribution in [2.24, 2.45) is 0 Å². The Bertz CT molecular complexity index is 222. The average Bonchev–Trinajstić information content (AvgIpc) is 1.80. The third-order valence-electron chi connectivity index (χ3n) is 1.02. The maximum Gasteiger partial charge on any atom is 0.164 e. The number of nitrogens with zero attached hydrogens (tertiary/aromatic N) is 1. The van der Waals surface area contributed by atoms with Crippen LogP contribution >= 0.6 is 0 Å².